The standard InChI is InChI=1S/C14H20O2/c1-4-5-10-14(2,15)11-12-8-6-7-9-13(12)16-3/h4,6-9,15H,1,5,10-11H2,2-3H3. The number of benzene rings is 1. The minimum Gasteiger partial charge on any atom is -0.496 e. The molecule has 0 amide bonds. The maximum Gasteiger partial charge on any atom is 0.122 e. The van der Waals surface area contributed by atoms with Gasteiger partial charge in [-0.3, -0.25) is 0 Å². The highest BCUT2D eigenvalue weighted by Crippen LogP contribution is 2.25. The molecular formula is C14H20O2. The Hall–Kier alpha value is -1.28. The zero-order chi connectivity index (χ0) is 12.0. The lowest BCUT2D eigenvalue weighted by Gasteiger charge is -2.23. The number of allylic oxidation sites excluding steroid dienone is 1. The zero-order valence-corrected chi connectivity index (χ0v) is 10.1. The molecule has 2 nitrogen and oxygen atoms in total. The number of rotatable bonds is 6. The van der Waals surface area contributed by atoms with Crippen LogP contribution in [0, 0.1) is 0 Å². The number of para-hydroxylation sites is 1. The number of hydrogen-bond donors (Lipinski definition) is 1. The Morgan fingerprint density at radius 1 is 1.44 bits per heavy atom. The van der Waals surface area contributed by atoms with E-state index in [1.807, 2.05) is 37.3 Å². The van der Waals surface area contributed by atoms with Crippen LogP contribution in [0.2, 0.25) is 0 Å². The van der Waals surface area contributed by atoms with Crippen LogP contribution in [0.25, 0.3) is 0 Å². The highest BCUT2D eigenvalue weighted by atomic mass is 16.5. The zero-order valence-electron chi connectivity index (χ0n) is 10.1. The first kappa shape index (κ1) is 12.8. The molecule has 1 rings (SSSR count). The maximum absolute atomic E-state index is 10.2. The first-order valence-corrected chi connectivity index (χ1v) is 5.54. The molecule has 1 aromatic rings. The lowest BCUT2D eigenvalue weighted by atomic mass is 9.91. The third-order valence-electron chi connectivity index (χ3n) is 2.65. The molecule has 88 valence electrons. The van der Waals surface area contributed by atoms with E-state index in [1.165, 1.54) is 0 Å². The second-order valence-corrected chi connectivity index (χ2v) is 4.31. The van der Waals surface area contributed by atoms with Crippen LogP contribution in [0.1, 0.15) is 25.3 Å². The first-order valence-electron chi connectivity index (χ1n) is 5.54. The molecular weight excluding hydrogens is 200 g/mol. The first-order chi connectivity index (χ1) is 7.59. The summed E-state index contributed by atoms with van der Waals surface area (Å²) in [5.41, 5.74) is 0.335. The summed E-state index contributed by atoms with van der Waals surface area (Å²) in [5.74, 6) is 0.835. The third-order valence-corrected chi connectivity index (χ3v) is 2.65. The summed E-state index contributed by atoms with van der Waals surface area (Å²) < 4.78 is 5.26. The summed E-state index contributed by atoms with van der Waals surface area (Å²) in [5, 5.41) is 10.2. The van der Waals surface area contributed by atoms with E-state index in [9.17, 15) is 5.11 Å². The van der Waals surface area contributed by atoms with Crippen LogP contribution in [-0.2, 0) is 6.42 Å². The van der Waals surface area contributed by atoms with Gasteiger partial charge in [0.05, 0.1) is 12.7 Å². The van der Waals surface area contributed by atoms with Gasteiger partial charge in [-0.2, -0.15) is 0 Å². The van der Waals surface area contributed by atoms with E-state index in [4.69, 9.17) is 4.74 Å². The minimum atomic E-state index is -0.706. The SMILES string of the molecule is C=CCCC(C)(O)Cc1ccccc1OC. The molecule has 2 heteroatoms. The average molecular weight is 220 g/mol. The van der Waals surface area contributed by atoms with Gasteiger partial charge in [0.15, 0.2) is 0 Å². The number of aliphatic hydroxyl groups is 1. The Balaban J connectivity index is 2.74. The van der Waals surface area contributed by atoms with E-state index in [1.54, 1.807) is 7.11 Å². The van der Waals surface area contributed by atoms with E-state index in [-0.39, 0.29) is 0 Å². The van der Waals surface area contributed by atoms with Gasteiger partial charge in [0.25, 0.3) is 0 Å². The van der Waals surface area contributed by atoms with E-state index in [0.717, 1.165) is 17.7 Å². The lowest BCUT2D eigenvalue weighted by molar-refractivity contribution is 0.0517. The molecule has 0 aliphatic carbocycles. The van der Waals surface area contributed by atoms with Crippen LogP contribution in [-0.4, -0.2) is 17.8 Å². The quantitative estimate of drug-likeness (QED) is 0.747. The fourth-order valence-electron chi connectivity index (χ4n) is 1.76. The smallest absolute Gasteiger partial charge is 0.122 e. The molecule has 0 aliphatic rings. The fraction of sp³-hybridized carbons (Fsp3) is 0.429. The molecule has 0 bridgehead atoms. The van der Waals surface area contributed by atoms with Crippen LogP contribution in [0.5, 0.6) is 5.75 Å². The molecule has 0 fully saturated rings. The molecule has 0 spiro atoms. The van der Waals surface area contributed by atoms with E-state index in [2.05, 4.69) is 6.58 Å². The number of methoxy groups -OCH3 is 1. The molecule has 0 heterocycles. The van der Waals surface area contributed by atoms with Crippen molar-refractivity contribution in [2.45, 2.75) is 31.8 Å². The van der Waals surface area contributed by atoms with Crippen molar-refractivity contribution in [2.75, 3.05) is 7.11 Å². The Morgan fingerprint density at radius 3 is 2.75 bits per heavy atom. The molecule has 0 saturated carbocycles. The van der Waals surface area contributed by atoms with Gasteiger partial charge in [0.2, 0.25) is 0 Å². The second kappa shape index (κ2) is 5.71. The van der Waals surface area contributed by atoms with Crippen molar-refractivity contribution in [1.29, 1.82) is 0 Å². The van der Waals surface area contributed by atoms with Gasteiger partial charge in [-0.05, 0) is 31.4 Å². The lowest BCUT2D eigenvalue weighted by Crippen LogP contribution is -2.27. The van der Waals surface area contributed by atoms with E-state index >= 15 is 0 Å². The monoisotopic (exact) mass is 220 g/mol. The van der Waals surface area contributed by atoms with Crippen LogP contribution < -0.4 is 4.74 Å². The summed E-state index contributed by atoms with van der Waals surface area (Å²) in [4.78, 5) is 0. The third kappa shape index (κ3) is 3.70. The van der Waals surface area contributed by atoms with Crippen molar-refractivity contribution in [2.24, 2.45) is 0 Å². The number of ether oxygens (including phenoxy) is 1. The minimum absolute atomic E-state index is 0.602. The molecule has 1 atom stereocenters. The van der Waals surface area contributed by atoms with E-state index < -0.39 is 5.60 Å². The Bertz CT molecular complexity index is 342. The van der Waals surface area contributed by atoms with Gasteiger partial charge in [0, 0.05) is 6.42 Å². The normalized spacial score (nSPS) is 14.2. The van der Waals surface area contributed by atoms with Gasteiger partial charge in [-0.25, -0.2) is 0 Å². The molecule has 0 radical (unpaired) electrons. The van der Waals surface area contributed by atoms with Crippen LogP contribution >= 0.6 is 0 Å². The van der Waals surface area contributed by atoms with Gasteiger partial charge < -0.3 is 9.84 Å². The summed E-state index contributed by atoms with van der Waals surface area (Å²) in [6.45, 7) is 5.52. The van der Waals surface area contributed by atoms with E-state index in [0.29, 0.717) is 12.8 Å². The van der Waals surface area contributed by atoms with Crippen molar-refractivity contribution >= 4 is 0 Å². The molecule has 1 N–H and O–H groups in total. The Labute approximate surface area is 97.6 Å². The maximum atomic E-state index is 10.2. The molecule has 1 aromatic carbocycles. The van der Waals surface area contributed by atoms with Crippen molar-refractivity contribution < 1.29 is 9.84 Å². The van der Waals surface area contributed by atoms with Gasteiger partial charge >= 0.3 is 0 Å². The molecule has 1 unspecified atom stereocenters. The van der Waals surface area contributed by atoms with Gasteiger partial charge in [-0.15, -0.1) is 6.58 Å². The highest BCUT2D eigenvalue weighted by Gasteiger charge is 2.21. The van der Waals surface area contributed by atoms with Gasteiger partial charge in [-0.1, -0.05) is 24.3 Å². The average Bonchev–Trinajstić information content (AvgIpc) is 2.27. The summed E-state index contributed by atoms with van der Waals surface area (Å²) >= 11 is 0. The summed E-state index contributed by atoms with van der Waals surface area (Å²) in [7, 11) is 1.65. The molecule has 0 aliphatic heterocycles. The predicted molar refractivity (Wildman–Crippen MR) is 66.8 cm³/mol. The van der Waals surface area contributed by atoms with Crippen LogP contribution in [0.15, 0.2) is 36.9 Å². The predicted octanol–water partition coefficient (Wildman–Crippen LogP) is 2.95. The number of hydrogen-bond acceptors (Lipinski definition) is 2. The Kier molecular flexibility index (Phi) is 4.56. The second-order valence-electron chi connectivity index (χ2n) is 4.31. The van der Waals surface area contributed by atoms with Crippen molar-refractivity contribution in [3.63, 3.8) is 0 Å². The summed E-state index contributed by atoms with van der Waals surface area (Å²) in [6.07, 6.45) is 3.97. The molecule has 16 heavy (non-hydrogen) atoms. The fourth-order valence-corrected chi connectivity index (χ4v) is 1.76. The van der Waals surface area contributed by atoms with Crippen LogP contribution in [0.4, 0.5) is 0 Å². The van der Waals surface area contributed by atoms with Crippen molar-refractivity contribution in [3.05, 3.63) is 42.5 Å². The largest absolute Gasteiger partial charge is 0.496 e. The van der Waals surface area contributed by atoms with Crippen molar-refractivity contribution in [1.82, 2.24) is 0 Å². The highest BCUT2D eigenvalue weighted by molar-refractivity contribution is 5.34. The van der Waals surface area contributed by atoms with Gasteiger partial charge in [0.1, 0.15) is 5.75 Å². The molecule has 0 aromatic heterocycles. The topological polar surface area (TPSA) is 29.5 Å². The molecule has 0 saturated heterocycles. The Morgan fingerprint density at radius 2 is 2.12 bits per heavy atom. The van der Waals surface area contributed by atoms with Crippen molar-refractivity contribution in [3.8, 4) is 5.75 Å². The summed E-state index contributed by atoms with van der Waals surface area (Å²) in [6, 6.07) is 7.79. The van der Waals surface area contributed by atoms with Crippen LogP contribution in [0.3, 0.4) is 0 Å².